The molecule has 0 fully saturated rings. The van der Waals surface area contributed by atoms with Gasteiger partial charge in [-0.3, -0.25) is 4.79 Å². The van der Waals surface area contributed by atoms with Crippen LogP contribution in [0.2, 0.25) is 0 Å². The summed E-state index contributed by atoms with van der Waals surface area (Å²) < 4.78 is 21.4. The van der Waals surface area contributed by atoms with Gasteiger partial charge < -0.3 is 31.1 Å². The SMILES string of the molecule is CC[C@@]1(O)C(=O)OCc2c1cc1n(c2=O)Cc2c-1nc1cc(F)c(C)c3c1c2[C@@H](N)CC3.O.O. The summed E-state index contributed by atoms with van der Waals surface area (Å²) in [5.74, 6) is -1.08. The summed E-state index contributed by atoms with van der Waals surface area (Å²) >= 11 is 0. The Morgan fingerprint density at radius 1 is 1.26 bits per heavy atom. The molecular weight excluding hydrogens is 445 g/mol. The van der Waals surface area contributed by atoms with Gasteiger partial charge in [-0.1, -0.05) is 6.92 Å². The van der Waals surface area contributed by atoms with Gasteiger partial charge in [0.25, 0.3) is 5.56 Å². The number of nitrogens with two attached hydrogens (primary N) is 1. The van der Waals surface area contributed by atoms with Crippen LogP contribution in [0.15, 0.2) is 16.9 Å². The lowest BCUT2D eigenvalue weighted by atomic mass is 9.82. The maximum atomic E-state index is 14.7. The van der Waals surface area contributed by atoms with Gasteiger partial charge in [0.15, 0.2) is 5.60 Å². The molecule has 3 aliphatic rings. The van der Waals surface area contributed by atoms with Crippen LogP contribution in [0.1, 0.15) is 59.2 Å². The van der Waals surface area contributed by atoms with E-state index in [1.54, 1.807) is 24.5 Å². The van der Waals surface area contributed by atoms with Crippen LogP contribution in [0.25, 0.3) is 22.3 Å². The van der Waals surface area contributed by atoms with Crippen LogP contribution in [0.3, 0.4) is 0 Å². The van der Waals surface area contributed by atoms with E-state index in [0.717, 1.165) is 22.1 Å². The molecule has 9 nitrogen and oxygen atoms in total. The number of esters is 1. The number of aryl methyl sites for hydroxylation is 1. The third-order valence-corrected chi connectivity index (χ3v) is 7.42. The highest BCUT2D eigenvalue weighted by Gasteiger charge is 2.45. The number of fused-ring (bicyclic) bond motifs is 5. The zero-order valence-corrected chi connectivity index (χ0v) is 18.8. The summed E-state index contributed by atoms with van der Waals surface area (Å²) in [6, 6.07) is 2.84. The lowest BCUT2D eigenvalue weighted by molar-refractivity contribution is -0.172. The van der Waals surface area contributed by atoms with E-state index in [1.807, 2.05) is 0 Å². The number of benzene rings is 1. The average molecular weight is 471 g/mol. The van der Waals surface area contributed by atoms with Crippen molar-refractivity contribution in [1.82, 2.24) is 9.55 Å². The second-order valence-corrected chi connectivity index (χ2v) is 8.96. The van der Waals surface area contributed by atoms with Crippen LogP contribution in [0.4, 0.5) is 4.39 Å². The van der Waals surface area contributed by atoms with Crippen LogP contribution >= 0.6 is 0 Å². The Morgan fingerprint density at radius 3 is 2.71 bits per heavy atom. The minimum absolute atomic E-state index is 0. The minimum atomic E-state index is -1.89. The highest BCUT2D eigenvalue weighted by atomic mass is 19.1. The number of rotatable bonds is 1. The summed E-state index contributed by atoms with van der Waals surface area (Å²) in [7, 11) is 0. The Bertz CT molecular complexity index is 1450. The van der Waals surface area contributed by atoms with Crippen molar-refractivity contribution < 1.29 is 30.0 Å². The Labute approximate surface area is 193 Å². The van der Waals surface area contributed by atoms with E-state index in [4.69, 9.17) is 15.5 Å². The molecule has 0 radical (unpaired) electrons. The molecule has 2 atom stereocenters. The van der Waals surface area contributed by atoms with Crippen molar-refractivity contribution in [2.24, 2.45) is 5.73 Å². The maximum absolute atomic E-state index is 14.7. The molecule has 0 saturated heterocycles. The second-order valence-electron chi connectivity index (χ2n) is 8.96. The summed E-state index contributed by atoms with van der Waals surface area (Å²) in [5, 5.41) is 11.9. The fourth-order valence-electron chi connectivity index (χ4n) is 5.59. The van der Waals surface area contributed by atoms with Crippen molar-refractivity contribution in [2.45, 2.75) is 57.9 Å². The van der Waals surface area contributed by atoms with Gasteiger partial charge in [-0.25, -0.2) is 14.2 Å². The third kappa shape index (κ3) is 2.76. The quantitative estimate of drug-likeness (QED) is 0.389. The number of hydrogen-bond acceptors (Lipinski definition) is 6. The van der Waals surface area contributed by atoms with E-state index < -0.39 is 11.6 Å². The van der Waals surface area contributed by atoms with Gasteiger partial charge in [0.1, 0.15) is 12.4 Å². The van der Waals surface area contributed by atoms with E-state index in [9.17, 15) is 19.1 Å². The number of pyridine rings is 2. The van der Waals surface area contributed by atoms with Crippen molar-refractivity contribution >= 4 is 16.9 Å². The molecule has 4 heterocycles. The van der Waals surface area contributed by atoms with Gasteiger partial charge in [-0.05, 0) is 48.9 Å². The van der Waals surface area contributed by atoms with E-state index >= 15 is 0 Å². The van der Waals surface area contributed by atoms with Crippen LogP contribution in [0.5, 0.6) is 0 Å². The first kappa shape index (κ1) is 24.0. The largest absolute Gasteiger partial charge is 0.458 e. The molecule has 0 unspecified atom stereocenters. The van der Waals surface area contributed by atoms with E-state index in [1.165, 1.54) is 6.07 Å². The van der Waals surface area contributed by atoms with Crippen molar-refractivity contribution in [1.29, 1.82) is 0 Å². The van der Waals surface area contributed by atoms with Crippen molar-refractivity contribution in [3.63, 3.8) is 0 Å². The molecule has 0 saturated carbocycles. The van der Waals surface area contributed by atoms with Gasteiger partial charge in [-0.15, -0.1) is 0 Å². The zero-order chi connectivity index (χ0) is 22.5. The molecule has 6 rings (SSSR count). The van der Waals surface area contributed by atoms with E-state index in [-0.39, 0.29) is 59.1 Å². The average Bonchev–Trinajstić information content (AvgIpc) is 3.14. The molecule has 2 aromatic heterocycles. The number of nitrogens with zero attached hydrogens (tertiary/aromatic N) is 2. The molecule has 2 aliphatic heterocycles. The summed E-state index contributed by atoms with van der Waals surface area (Å²) in [4.78, 5) is 30.5. The topological polar surface area (TPSA) is 170 Å². The van der Waals surface area contributed by atoms with Crippen LogP contribution in [-0.2, 0) is 34.7 Å². The molecule has 1 aliphatic carbocycles. The zero-order valence-electron chi connectivity index (χ0n) is 18.8. The first-order valence-electron chi connectivity index (χ1n) is 10.8. The Balaban J connectivity index is 0.00000137. The molecule has 0 spiro atoms. The molecule has 0 amide bonds. The third-order valence-electron chi connectivity index (χ3n) is 7.42. The monoisotopic (exact) mass is 471 g/mol. The smallest absolute Gasteiger partial charge is 0.343 e. The minimum Gasteiger partial charge on any atom is -0.458 e. The maximum Gasteiger partial charge on any atom is 0.343 e. The standard InChI is InChI=1S/C24H22FN3O4.2H2O/c1-3-24(31)14-6-18-21-12(8-28(18)22(29)13(14)9-32-23(24)30)19-16(26)5-4-11-10(2)15(25)7-17(27-21)20(11)19;;/h6-7,16,31H,3-5,8-9,26H2,1-2H3;2*1H2/t16-,24-;;/m0../s1. The number of aromatic nitrogens is 2. The van der Waals surface area contributed by atoms with Gasteiger partial charge in [-0.2, -0.15) is 0 Å². The lowest BCUT2D eigenvalue weighted by Gasteiger charge is -2.31. The van der Waals surface area contributed by atoms with Crippen LogP contribution in [0, 0.1) is 12.7 Å². The highest BCUT2D eigenvalue weighted by Crippen LogP contribution is 2.45. The Kier molecular flexibility index (Phi) is 5.41. The molecule has 1 aromatic carbocycles. The van der Waals surface area contributed by atoms with Crippen LogP contribution < -0.4 is 11.3 Å². The number of carbonyl (C=O) groups excluding carboxylic acids is 1. The Hall–Kier alpha value is -3.18. The van der Waals surface area contributed by atoms with Gasteiger partial charge in [0.2, 0.25) is 0 Å². The number of halogens is 1. The normalized spacial score (nSPS) is 21.7. The highest BCUT2D eigenvalue weighted by molar-refractivity contribution is 5.93. The number of aliphatic hydroxyl groups is 1. The summed E-state index contributed by atoms with van der Waals surface area (Å²) in [5.41, 5.74) is 9.72. The van der Waals surface area contributed by atoms with Crippen molar-refractivity contribution in [3.05, 3.63) is 61.7 Å². The molecule has 34 heavy (non-hydrogen) atoms. The fourth-order valence-corrected chi connectivity index (χ4v) is 5.59. The number of carbonyl (C=O) groups is 1. The fraction of sp³-hybridized carbons (Fsp3) is 0.375. The molecule has 7 N–H and O–H groups in total. The van der Waals surface area contributed by atoms with Crippen LogP contribution in [-0.4, -0.2) is 31.6 Å². The number of ether oxygens (including phenoxy) is 1. The summed E-state index contributed by atoms with van der Waals surface area (Å²) in [6.45, 7) is 3.55. The predicted octanol–water partition coefficient (Wildman–Crippen LogP) is 0.824. The number of cyclic esters (lactones) is 1. The molecule has 0 bridgehead atoms. The van der Waals surface area contributed by atoms with Crippen molar-refractivity contribution in [2.75, 3.05) is 0 Å². The van der Waals surface area contributed by atoms with Gasteiger partial charge in [0, 0.05) is 28.6 Å². The molecule has 3 aromatic rings. The Morgan fingerprint density at radius 2 is 2.00 bits per heavy atom. The second kappa shape index (κ2) is 7.67. The predicted molar refractivity (Wildman–Crippen MR) is 122 cm³/mol. The summed E-state index contributed by atoms with van der Waals surface area (Å²) in [6.07, 6.45) is 1.44. The van der Waals surface area contributed by atoms with E-state index in [0.29, 0.717) is 35.3 Å². The first-order valence-corrected chi connectivity index (χ1v) is 10.8. The van der Waals surface area contributed by atoms with Gasteiger partial charge in [0.05, 0.1) is 29.0 Å². The van der Waals surface area contributed by atoms with Crippen molar-refractivity contribution in [3.8, 4) is 11.4 Å². The molecule has 10 heteroatoms. The van der Waals surface area contributed by atoms with Gasteiger partial charge >= 0.3 is 5.97 Å². The first-order chi connectivity index (χ1) is 15.3. The van der Waals surface area contributed by atoms with E-state index in [2.05, 4.69) is 0 Å². The number of hydrogen-bond donors (Lipinski definition) is 2. The lowest BCUT2D eigenvalue weighted by Crippen LogP contribution is -2.44. The molecular formula is C24H26FN3O6. The molecule has 180 valence electrons.